The predicted octanol–water partition coefficient (Wildman–Crippen LogP) is 5.82. The van der Waals surface area contributed by atoms with Crippen molar-refractivity contribution in [2.75, 3.05) is 6.61 Å². The van der Waals surface area contributed by atoms with Gasteiger partial charge in [0.1, 0.15) is 5.75 Å². The number of aliphatic carboxylic acids is 1. The first kappa shape index (κ1) is 21.8. The van der Waals surface area contributed by atoms with Crippen molar-refractivity contribution in [1.29, 1.82) is 0 Å². The van der Waals surface area contributed by atoms with Gasteiger partial charge in [0, 0.05) is 21.6 Å². The molecule has 0 aliphatic carbocycles. The van der Waals surface area contributed by atoms with Crippen molar-refractivity contribution in [2.24, 2.45) is 0 Å². The largest absolute Gasteiger partial charge is 0.482 e. The van der Waals surface area contributed by atoms with Crippen LogP contribution in [0.2, 0.25) is 0 Å². The summed E-state index contributed by atoms with van der Waals surface area (Å²) < 4.78 is 44.8. The highest BCUT2D eigenvalue weighted by Gasteiger charge is 2.30. The molecule has 2 aromatic carbocycles. The van der Waals surface area contributed by atoms with Crippen molar-refractivity contribution in [3.8, 4) is 5.75 Å². The predicted molar refractivity (Wildman–Crippen MR) is 109 cm³/mol. The Hall–Kier alpha value is -2.87. The third-order valence-corrected chi connectivity index (χ3v) is 6.12. The van der Waals surface area contributed by atoms with Gasteiger partial charge in [0.2, 0.25) is 0 Å². The maximum atomic E-state index is 13.0. The molecule has 158 valence electrons. The Labute approximate surface area is 174 Å². The molecule has 3 rings (SSSR count). The van der Waals surface area contributed by atoms with Crippen LogP contribution in [0.25, 0.3) is 10.1 Å². The van der Waals surface area contributed by atoms with Gasteiger partial charge in [-0.25, -0.2) is 4.79 Å². The number of ether oxygens (including phenoxy) is 1. The number of carbonyl (C=O) groups excluding carboxylic acids is 1. The molecule has 0 amide bonds. The van der Waals surface area contributed by atoms with Crippen molar-refractivity contribution >= 4 is 33.2 Å². The Morgan fingerprint density at radius 1 is 1.10 bits per heavy atom. The van der Waals surface area contributed by atoms with Crippen molar-refractivity contribution in [3.05, 3.63) is 63.5 Å². The van der Waals surface area contributed by atoms with Gasteiger partial charge in [0.25, 0.3) is 0 Å². The van der Waals surface area contributed by atoms with E-state index >= 15 is 0 Å². The fourth-order valence-corrected chi connectivity index (χ4v) is 4.37. The maximum absolute atomic E-state index is 13.0. The average molecular weight is 436 g/mol. The zero-order valence-corrected chi connectivity index (χ0v) is 17.1. The first-order chi connectivity index (χ1) is 14.1. The lowest BCUT2D eigenvalue weighted by Crippen LogP contribution is -2.10. The van der Waals surface area contributed by atoms with E-state index in [9.17, 15) is 22.8 Å². The standard InChI is InChI=1S/C22H19F3O4S/c1-12-9-14(3-6-18(12)29-11-21(27)28)17(26)5-8-19-13(2)16-10-15(22(23,24)25)4-7-20(16)30-19/h3-4,6-7,9-10H,5,8,11H2,1-2H3,(H,27,28). The molecule has 0 aliphatic heterocycles. The summed E-state index contributed by atoms with van der Waals surface area (Å²) in [5.74, 6) is -0.791. The number of carboxylic acid groups (broad SMARTS) is 1. The monoisotopic (exact) mass is 436 g/mol. The van der Waals surface area contributed by atoms with Crippen LogP contribution >= 0.6 is 11.3 Å². The van der Waals surface area contributed by atoms with Crippen LogP contribution in [0.1, 0.15) is 38.3 Å². The minimum atomic E-state index is -4.39. The lowest BCUT2D eigenvalue weighted by atomic mass is 10.0. The molecule has 3 aromatic rings. The molecule has 0 saturated heterocycles. The minimum absolute atomic E-state index is 0.101. The number of benzene rings is 2. The minimum Gasteiger partial charge on any atom is -0.482 e. The second-order valence-corrected chi connectivity index (χ2v) is 8.08. The summed E-state index contributed by atoms with van der Waals surface area (Å²) in [7, 11) is 0. The van der Waals surface area contributed by atoms with Crippen molar-refractivity contribution < 1.29 is 32.6 Å². The molecule has 8 heteroatoms. The number of Topliss-reactive ketones (excluding diaryl/α,β-unsaturated/α-hetero) is 1. The van der Waals surface area contributed by atoms with Crippen LogP contribution in [0.5, 0.6) is 5.75 Å². The van der Waals surface area contributed by atoms with E-state index in [0.717, 1.165) is 27.3 Å². The molecule has 1 N–H and O–H groups in total. The zero-order valence-electron chi connectivity index (χ0n) is 16.3. The lowest BCUT2D eigenvalue weighted by Gasteiger charge is -2.09. The first-order valence-electron chi connectivity index (χ1n) is 9.14. The molecule has 0 radical (unpaired) electrons. The quantitative estimate of drug-likeness (QED) is 0.475. The second-order valence-electron chi connectivity index (χ2n) is 6.94. The molecular formula is C22H19F3O4S. The van der Waals surface area contributed by atoms with E-state index in [4.69, 9.17) is 9.84 Å². The van der Waals surface area contributed by atoms with Crippen molar-refractivity contribution in [2.45, 2.75) is 32.9 Å². The third kappa shape index (κ3) is 4.81. The number of ketones is 1. The van der Waals surface area contributed by atoms with Crippen LogP contribution in [0.4, 0.5) is 13.2 Å². The number of halogens is 3. The van der Waals surface area contributed by atoms with E-state index in [1.165, 1.54) is 17.4 Å². The molecule has 0 spiro atoms. The lowest BCUT2D eigenvalue weighted by molar-refractivity contribution is -0.139. The van der Waals surface area contributed by atoms with Crippen LogP contribution in [-0.4, -0.2) is 23.5 Å². The Kier molecular flexibility index (Phi) is 6.17. The van der Waals surface area contributed by atoms with Crippen LogP contribution in [0.3, 0.4) is 0 Å². The highest BCUT2D eigenvalue weighted by molar-refractivity contribution is 7.19. The van der Waals surface area contributed by atoms with Crippen molar-refractivity contribution in [1.82, 2.24) is 0 Å². The van der Waals surface area contributed by atoms with E-state index in [1.807, 2.05) is 0 Å². The van der Waals surface area contributed by atoms with Gasteiger partial charge < -0.3 is 9.84 Å². The zero-order chi connectivity index (χ0) is 22.1. The highest BCUT2D eigenvalue weighted by Crippen LogP contribution is 2.37. The Bertz CT molecular complexity index is 1120. The number of carboxylic acids is 1. The average Bonchev–Trinajstić information content (AvgIpc) is 2.99. The van der Waals surface area contributed by atoms with Gasteiger partial charge in [-0.05, 0) is 73.2 Å². The van der Waals surface area contributed by atoms with Gasteiger partial charge in [-0.1, -0.05) is 0 Å². The number of alkyl halides is 3. The number of hydrogen-bond donors (Lipinski definition) is 1. The second kappa shape index (κ2) is 8.47. The third-order valence-electron chi connectivity index (χ3n) is 4.79. The van der Waals surface area contributed by atoms with Crippen molar-refractivity contribution in [3.63, 3.8) is 0 Å². The summed E-state index contributed by atoms with van der Waals surface area (Å²) in [6.07, 6.45) is -3.74. The van der Waals surface area contributed by atoms with E-state index in [-0.39, 0.29) is 12.2 Å². The summed E-state index contributed by atoms with van der Waals surface area (Å²) in [6, 6.07) is 8.50. The molecule has 30 heavy (non-hydrogen) atoms. The van der Waals surface area contributed by atoms with Crippen LogP contribution in [0, 0.1) is 13.8 Å². The van der Waals surface area contributed by atoms with E-state index in [0.29, 0.717) is 28.7 Å². The SMILES string of the molecule is Cc1cc(C(=O)CCc2sc3ccc(C(F)(F)F)cc3c2C)ccc1OCC(=O)O. The number of thiophene rings is 1. The molecule has 0 aliphatic rings. The van der Waals surface area contributed by atoms with Crippen LogP contribution in [0.15, 0.2) is 36.4 Å². The highest BCUT2D eigenvalue weighted by atomic mass is 32.1. The number of aryl methyl sites for hydroxylation is 3. The van der Waals surface area contributed by atoms with Gasteiger partial charge in [-0.15, -0.1) is 11.3 Å². The summed E-state index contributed by atoms with van der Waals surface area (Å²) in [5.41, 5.74) is 1.22. The maximum Gasteiger partial charge on any atom is 0.416 e. The molecule has 0 atom stereocenters. The Morgan fingerprint density at radius 3 is 2.47 bits per heavy atom. The molecule has 0 unspecified atom stereocenters. The van der Waals surface area contributed by atoms with Gasteiger partial charge in [-0.2, -0.15) is 13.2 Å². The fraction of sp³-hybridized carbons (Fsp3) is 0.273. The molecule has 4 nitrogen and oxygen atoms in total. The Morgan fingerprint density at radius 2 is 1.83 bits per heavy atom. The number of hydrogen-bond acceptors (Lipinski definition) is 4. The smallest absolute Gasteiger partial charge is 0.416 e. The van der Waals surface area contributed by atoms with Gasteiger partial charge >= 0.3 is 12.1 Å². The first-order valence-corrected chi connectivity index (χ1v) is 9.95. The number of carbonyl (C=O) groups is 2. The molecule has 1 heterocycles. The normalized spacial score (nSPS) is 11.6. The number of fused-ring (bicyclic) bond motifs is 1. The molecular weight excluding hydrogens is 417 g/mol. The molecule has 0 bridgehead atoms. The summed E-state index contributed by atoms with van der Waals surface area (Å²) in [4.78, 5) is 24.1. The van der Waals surface area contributed by atoms with Gasteiger partial charge in [0.05, 0.1) is 5.56 Å². The van der Waals surface area contributed by atoms with E-state index < -0.39 is 24.3 Å². The van der Waals surface area contributed by atoms with Gasteiger partial charge in [0.15, 0.2) is 12.4 Å². The summed E-state index contributed by atoms with van der Waals surface area (Å²) in [5, 5.41) is 9.25. The molecule has 0 fully saturated rings. The van der Waals surface area contributed by atoms with Gasteiger partial charge in [-0.3, -0.25) is 4.79 Å². The topological polar surface area (TPSA) is 63.6 Å². The molecule has 1 aromatic heterocycles. The van der Waals surface area contributed by atoms with E-state index in [1.54, 1.807) is 32.0 Å². The molecule has 0 saturated carbocycles. The fourth-order valence-electron chi connectivity index (χ4n) is 3.18. The van der Waals surface area contributed by atoms with Crippen LogP contribution < -0.4 is 4.74 Å². The van der Waals surface area contributed by atoms with Crippen LogP contribution in [-0.2, 0) is 17.4 Å². The van der Waals surface area contributed by atoms with E-state index in [2.05, 4.69) is 0 Å². The Balaban J connectivity index is 1.73. The number of rotatable bonds is 7. The summed E-state index contributed by atoms with van der Waals surface area (Å²) >= 11 is 1.40. The summed E-state index contributed by atoms with van der Waals surface area (Å²) in [6.45, 7) is 3.04.